The first-order valence-corrected chi connectivity index (χ1v) is 17.6. The second-order valence-electron chi connectivity index (χ2n) is 13.4. The summed E-state index contributed by atoms with van der Waals surface area (Å²) in [5.74, 6) is 3.93. The minimum atomic E-state index is -0.0495. The van der Waals surface area contributed by atoms with Gasteiger partial charge in [-0.2, -0.15) is 0 Å². The molecule has 3 heterocycles. The molecule has 1 aliphatic carbocycles. The van der Waals surface area contributed by atoms with Crippen molar-refractivity contribution in [3.8, 4) is 11.3 Å². The third-order valence-electron chi connectivity index (χ3n) is 8.78. The Hall–Kier alpha value is -2.73. The normalized spacial score (nSPS) is 24.1. The van der Waals surface area contributed by atoms with Crippen LogP contribution in [-0.4, -0.2) is 87.0 Å². The molecule has 258 valence electrons. The molecule has 2 bridgehead atoms. The predicted octanol–water partition coefficient (Wildman–Crippen LogP) is 6.39. The van der Waals surface area contributed by atoms with Gasteiger partial charge in [0.2, 0.25) is 5.89 Å². The molecule has 47 heavy (non-hydrogen) atoms. The van der Waals surface area contributed by atoms with E-state index in [4.69, 9.17) is 18.6 Å². The maximum Gasteiger partial charge on any atom is 0.293 e. The summed E-state index contributed by atoms with van der Waals surface area (Å²) in [6, 6.07) is 18.8. The second-order valence-corrected chi connectivity index (χ2v) is 14.5. The number of oxazole rings is 1. The van der Waals surface area contributed by atoms with Crippen molar-refractivity contribution in [2.45, 2.75) is 58.0 Å². The minimum Gasteiger partial charge on any atom is -0.464 e. The maximum atomic E-state index is 10.4. The number of nitrogens with one attached hydrogen (secondary N) is 1. The van der Waals surface area contributed by atoms with E-state index in [0.29, 0.717) is 55.8 Å². The Morgan fingerprint density at radius 1 is 1.06 bits per heavy atom. The number of aryl methyl sites for hydroxylation is 1. The number of fused-ring (bicyclic) bond motifs is 1. The number of carbonyl (C=O) groups excluding carboxylic acids is 1. The van der Waals surface area contributed by atoms with E-state index in [9.17, 15) is 4.79 Å². The van der Waals surface area contributed by atoms with E-state index >= 15 is 0 Å². The largest absolute Gasteiger partial charge is 0.464 e. The zero-order valence-electron chi connectivity index (χ0n) is 29.1. The fourth-order valence-corrected chi connectivity index (χ4v) is 7.68. The van der Waals surface area contributed by atoms with Crippen LogP contribution in [0, 0.1) is 36.5 Å². The molecule has 6 rings (SSSR count). The molecule has 6 atom stereocenters. The van der Waals surface area contributed by atoms with E-state index in [1.807, 2.05) is 62.4 Å². The van der Waals surface area contributed by atoms with Crippen molar-refractivity contribution in [2.75, 3.05) is 54.0 Å². The maximum absolute atomic E-state index is 10.4. The van der Waals surface area contributed by atoms with Crippen LogP contribution in [0.4, 0.5) is 0 Å². The SMILES string of the molecule is CC1C2C3OCC2C(OC=O)[C@H]1CO3.CNCCCN(CC(C)C)Sc1ccc(-c2cnc(CN(C)C)o2)cc1.Cc1ccccc1. The average Bonchev–Trinajstić information content (AvgIpc) is 3.72. The zero-order valence-corrected chi connectivity index (χ0v) is 29.9. The second kappa shape index (κ2) is 18.7. The van der Waals surface area contributed by atoms with Crippen molar-refractivity contribution in [1.82, 2.24) is 19.5 Å². The number of nitrogens with zero attached hydrogens (tertiary/aromatic N) is 3. The van der Waals surface area contributed by atoms with Crippen molar-refractivity contribution < 1.29 is 23.4 Å². The summed E-state index contributed by atoms with van der Waals surface area (Å²) in [7, 11) is 6.02. The average molecular weight is 667 g/mol. The van der Waals surface area contributed by atoms with E-state index in [1.165, 1.54) is 10.5 Å². The van der Waals surface area contributed by atoms with Crippen LogP contribution in [-0.2, 0) is 25.5 Å². The first-order chi connectivity index (χ1) is 22.7. The van der Waals surface area contributed by atoms with Crippen LogP contribution in [0.3, 0.4) is 0 Å². The van der Waals surface area contributed by atoms with Gasteiger partial charge in [-0.05, 0) is 76.9 Å². The summed E-state index contributed by atoms with van der Waals surface area (Å²) < 4.78 is 24.6. The molecule has 2 saturated heterocycles. The Morgan fingerprint density at radius 2 is 1.77 bits per heavy atom. The summed E-state index contributed by atoms with van der Waals surface area (Å²) in [6.07, 6.45) is 2.93. The molecule has 1 aromatic heterocycles. The Balaban J connectivity index is 0.000000195. The van der Waals surface area contributed by atoms with Gasteiger partial charge < -0.3 is 28.8 Å². The van der Waals surface area contributed by atoms with Gasteiger partial charge in [-0.25, -0.2) is 9.29 Å². The van der Waals surface area contributed by atoms with Crippen LogP contribution >= 0.6 is 11.9 Å². The quantitative estimate of drug-likeness (QED) is 0.126. The lowest BCUT2D eigenvalue weighted by Crippen LogP contribution is -2.37. The van der Waals surface area contributed by atoms with Crippen LogP contribution in [0.15, 0.2) is 70.1 Å². The number of hydrogen-bond donors (Lipinski definition) is 1. The van der Waals surface area contributed by atoms with Crippen molar-refractivity contribution in [2.24, 2.45) is 29.6 Å². The Morgan fingerprint density at radius 3 is 2.36 bits per heavy atom. The van der Waals surface area contributed by atoms with Crippen LogP contribution in [0.25, 0.3) is 11.3 Å². The van der Waals surface area contributed by atoms with Crippen molar-refractivity contribution in [3.63, 3.8) is 0 Å². The van der Waals surface area contributed by atoms with Gasteiger partial charge in [0.15, 0.2) is 12.1 Å². The standard InChI is InChI=1S/C20H32N4OS.C10H14O4.C7H8/c1-16(2)14-24(12-6-11-21-3)26-18-9-7-17(8-10-18)19-13-22-20(25-19)15-23(4)5;1-5-6-2-12-10-8(5)7(3-13-10)9(6)14-4-11;1-7-5-3-2-4-6-7/h7-10,13,16,21H,6,11-12,14-15H2,1-5H3;4-10H,2-3H2,1H3;2-6H,1H3/t;5?,6-,7?,8?,9?,10?;/m.0./s1. The number of ether oxygens (including phenoxy) is 3. The van der Waals surface area contributed by atoms with Gasteiger partial charge in [0.25, 0.3) is 6.47 Å². The summed E-state index contributed by atoms with van der Waals surface area (Å²) in [4.78, 5) is 18.1. The molecule has 9 nitrogen and oxygen atoms in total. The van der Waals surface area contributed by atoms with Crippen LogP contribution < -0.4 is 5.32 Å². The molecule has 3 aromatic rings. The van der Waals surface area contributed by atoms with E-state index in [1.54, 1.807) is 0 Å². The third-order valence-corrected chi connectivity index (χ3v) is 9.85. The van der Waals surface area contributed by atoms with Gasteiger partial charge in [0.05, 0.1) is 26.0 Å². The Labute approximate surface area is 285 Å². The highest BCUT2D eigenvalue weighted by molar-refractivity contribution is 7.97. The predicted molar refractivity (Wildman–Crippen MR) is 188 cm³/mol. The van der Waals surface area contributed by atoms with Gasteiger partial charge in [0.1, 0.15) is 6.10 Å². The van der Waals surface area contributed by atoms with E-state index in [0.717, 1.165) is 43.3 Å². The van der Waals surface area contributed by atoms with Gasteiger partial charge in [-0.15, -0.1) is 0 Å². The molecule has 3 aliphatic rings. The molecule has 2 aliphatic heterocycles. The third kappa shape index (κ3) is 10.9. The van der Waals surface area contributed by atoms with E-state index in [-0.39, 0.29) is 12.4 Å². The topological polar surface area (TPSA) is 89.3 Å². The summed E-state index contributed by atoms with van der Waals surface area (Å²) >= 11 is 1.84. The minimum absolute atomic E-state index is 0.0139. The Kier molecular flexibility index (Phi) is 14.8. The molecule has 3 fully saturated rings. The molecule has 1 N–H and O–H groups in total. The first-order valence-electron chi connectivity index (χ1n) is 16.8. The van der Waals surface area contributed by atoms with Crippen molar-refractivity contribution in [1.29, 1.82) is 0 Å². The van der Waals surface area contributed by atoms with Crippen LogP contribution in [0.2, 0.25) is 0 Å². The fraction of sp³-hybridized carbons (Fsp3) is 0.568. The van der Waals surface area contributed by atoms with Gasteiger partial charge in [-0.1, -0.05) is 68.8 Å². The number of aromatic nitrogens is 1. The lowest BCUT2D eigenvalue weighted by Gasteiger charge is -2.32. The zero-order chi connectivity index (χ0) is 33.8. The molecular weight excluding hydrogens is 612 g/mol. The molecular formula is C37H54N4O5S. The van der Waals surface area contributed by atoms with Crippen LogP contribution in [0.1, 0.15) is 38.6 Å². The molecule has 0 amide bonds. The lowest BCUT2D eigenvalue weighted by atomic mass is 9.88. The summed E-state index contributed by atoms with van der Waals surface area (Å²) in [5.41, 5.74) is 2.39. The number of hydrogen-bond acceptors (Lipinski definition) is 10. The molecule has 2 aromatic carbocycles. The van der Waals surface area contributed by atoms with Gasteiger partial charge in [-0.3, -0.25) is 4.79 Å². The van der Waals surface area contributed by atoms with Crippen LogP contribution in [0.5, 0.6) is 0 Å². The number of rotatable bonds is 13. The molecule has 10 heteroatoms. The molecule has 5 unspecified atom stereocenters. The van der Waals surface area contributed by atoms with Crippen molar-refractivity contribution in [3.05, 3.63) is 72.2 Å². The summed E-state index contributed by atoms with van der Waals surface area (Å²) in [6.45, 7) is 14.7. The molecule has 0 spiro atoms. The molecule has 1 saturated carbocycles. The highest BCUT2D eigenvalue weighted by atomic mass is 32.2. The highest BCUT2D eigenvalue weighted by Crippen LogP contribution is 2.52. The monoisotopic (exact) mass is 666 g/mol. The number of carbonyl (C=O) groups is 1. The number of benzene rings is 2. The van der Waals surface area contributed by atoms with Gasteiger partial charge in [0, 0.05) is 41.3 Å². The van der Waals surface area contributed by atoms with Gasteiger partial charge >= 0.3 is 0 Å². The van der Waals surface area contributed by atoms with Crippen molar-refractivity contribution >= 4 is 18.4 Å². The lowest BCUT2D eigenvalue weighted by molar-refractivity contribution is -0.186. The fourth-order valence-electron chi connectivity index (χ4n) is 6.53. The van der Waals surface area contributed by atoms with E-state index in [2.05, 4.69) is 78.7 Å². The molecule has 0 radical (unpaired) electrons. The first kappa shape index (κ1) is 37.1. The summed E-state index contributed by atoms with van der Waals surface area (Å²) in [5, 5.41) is 3.22. The van der Waals surface area contributed by atoms with E-state index < -0.39 is 0 Å². The Bertz CT molecular complexity index is 1320. The smallest absolute Gasteiger partial charge is 0.293 e. The highest BCUT2D eigenvalue weighted by Gasteiger charge is 2.59.